The minimum Gasteiger partial charge on any atom is -0.476 e. The van der Waals surface area contributed by atoms with Crippen LogP contribution in [0.1, 0.15) is 30.8 Å². The Morgan fingerprint density at radius 3 is 2.81 bits per heavy atom. The normalized spacial score (nSPS) is 15.9. The molecule has 32 heavy (non-hydrogen) atoms. The van der Waals surface area contributed by atoms with Crippen molar-refractivity contribution >= 4 is 23.4 Å². The lowest BCUT2D eigenvalue weighted by molar-refractivity contribution is -0.145. The molecule has 2 heterocycles. The van der Waals surface area contributed by atoms with Crippen molar-refractivity contribution in [3.8, 4) is 5.75 Å². The summed E-state index contributed by atoms with van der Waals surface area (Å²) in [5.74, 6) is -0.00372. The minimum atomic E-state index is -4.48. The van der Waals surface area contributed by atoms with E-state index in [1.54, 1.807) is 26.0 Å². The zero-order chi connectivity index (χ0) is 23.3. The van der Waals surface area contributed by atoms with Crippen LogP contribution in [0.3, 0.4) is 0 Å². The molecule has 8 nitrogen and oxygen atoms in total. The van der Waals surface area contributed by atoms with Crippen molar-refractivity contribution in [1.82, 2.24) is 19.7 Å². The van der Waals surface area contributed by atoms with Crippen molar-refractivity contribution in [3.05, 3.63) is 52.7 Å². The number of nitrogens with one attached hydrogen (secondary N) is 1. The molecule has 0 saturated heterocycles. The fourth-order valence-corrected chi connectivity index (χ4v) is 3.17. The fraction of sp³-hybridized carbons (Fsp3) is 0.400. The van der Waals surface area contributed by atoms with Gasteiger partial charge >= 0.3 is 12.1 Å². The Morgan fingerprint density at radius 2 is 2.19 bits per heavy atom. The van der Waals surface area contributed by atoms with E-state index in [4.69, 9.17) is 21.1 Å². The number of ether oxygens (including phenoxy) is 2. The second-order valence-corrected chi connectivity index (χ2v) is 7.19. The molecule has 0 spiro atoms. The Kier molecular flexibility index (Phi) is 7.39. The van der Waals surface area contributed by atoms with Crippen molar-refractivity contribution in [2.24, 2.45) is 0 Å². The molecule has 2 aromatic heterocycles. The second kappa shape index (κ2) is 10.0. The third kappa shape index (κ3) is 6.00. The van der Waals surface area contributed by atoms with Crippen LogP contribution in [0.15, 0.2) is 36.1 Å². The molecule has 12 heteroatoms. The van der Waals surface area contributed by atoms with Crippen molar-refractivity contribution in [2.45, 2.75) is 32.5 Å². The number of esters is 1. The van der Waals surface area contributed by atoms with Gasteiger partial charge in [-0.1, -0.05) is 18.2 Å². The van der Waals surface area contributed by atoms with Crippen LogP contribution in [0.5, 0.6) is 5.75 Å². The van der Waals surface area contributed by atoms with Gasteiger partial charge in [0.15, 0.2) is 23.9 Å². The second-order valence-electron chi connectivity index (χ2n) is 6.85. The Morgan fingerprint density at radius 1 is 1.41 bits per heavy atom. The van der Waals surface area contributed by atoms with Gasteiger partial charge in [-0.3, -0.25) is 4.68 Å². The Hall–Kier alpha value is -3.08. The van der Waals surface area contributed by atoms with Crippen molar-refractivity contribution < 1.29 is 27.4 Å². The number of allylic oxidation sites excluding steroid dienone is 2. The molecule has 1 aliphatic carbocycles. The maximum absolute atomic E-state index is 12.9. The molecule has 0 radical (unpaired) electrons. The number of alkyl halides is 3. The summed E-state index contributed by atoms with van der Waals surface area (Å²) in [5, 5.41) is 6.77. The van der Waals surface area contributed by atoms with Crippen molar-refractivity contribution in [3.63, 3.8) is 0 Å². The van der Waals surface area contributed by atoms with Crippen LogP contribution < -0.4 is 10.1 Å². The van der Waals surface area contributed by atoms with Gasteiger partial charge in [-0.15, -0.1) is 0 Å². The molecule has 0 bridgehead atoms. The van der Waals surface area contributed by atoms with Crippen LogP contribution in [-0.4, -0.2) is 45.5 Å². The number of aromatic nitrogens is 4. The molecule has 3 rings (SSSR count). The molecule has 0 aromatic carbocycles. The maximum atomic E-state index is 12.9. The molecule has 1 atom stereocenters. The number of halogens is 4. The number of carbonyl (C=O) groups excluding carboxylic acids is 1. The summed E-state index contributed by atoms with van der Waals surface area (Å²) in [7, 11) is 0. The fourth-order valence-electron chi connectivity index (χ4n) is 3.03. The van der Waals surface area contributed by atoms with E-state index in [2.05, 4.69) is 20.4 Å². The molecule has 0 fully saturated rings. The van der Waals surface area contributed by atoms with Crippen LogP contribution in [0, 0.1) is 6.92 Å². The minimum absolute atomic E-state index is 0.00107. The van der Waals surface area contributed by atoms with E-state index in [1.165, 1.54) is 10.9 Å². The molecule has 172 valence electrons. The van der Waals surface area contributed by atoms with Crippen LogP contribution in [0.2, 0.25) is 5.28 Å². The summed E-state index contributed by atoms with van der Waals surface area (Å²) >= 11 is 5.86. The third-order valence-electron chi connectivity index (χ3n) is 4.52. The van der Waals surface area contributed by atoms with Gasteiger partial charge in [0.25, 0.3) is 0 Å². The van der Waals surface area contributed by atoms with E-state index < -0.39 is 17.8 Å². The van der Waals surface area contributed by atoms with Crippen LogP contribution in [0.25, 0.3) is 0 Å². The van der Waals surface area contributed by atoms with Crippen LogP contribution in [0.4, 0.5) is 19.0 Å². The highest BCUT2D eigenvalue weighted by Gasteiger charge is 2.35. The van der Waals surface area contributed by atoms with E-state index in [9.17, 15) is 18.0 Å². The lowest BCUT2D eigenvalue weighted by Crippen LogP contribution is -2.17. The first-order chi connectivity index (χ1) is 15.2. The number of nitrogens with zero attached hydrogens (tertiary/aromatic N) is 4. The predicted molar refractivity (Wildman–Crippen MR) is 111 cm³/mol. The average Bonchev–Trinajstić information content (AvgIpc) is 3.14. The highest BCUT2D eigenvalue weighted by molar-refractivity contribution is 6.28. The number of rotatable bonds is 8. The van der Waals surface area contributed by atoms with Crippen LogP contribution in [-0.2, 0) is 15.7 Å². The summed E-state index contributed by atoms with van der Waals surface area (Å²) in [6.07, 6.45) is 2.83. The summed E-state index contributed by atoms with van der Waals surface area (Å²) < 4.78 is 50.3. The smallest absolute Gasteiger partial charge is 0.435 e. The molecular weight excluding hydrogens is 451 g/mol. The molecule has 0 amide bonds. The van der Waals surface area contributed by atoms with Crippen LogP contribution >= 0.6 is 11.6 Å². The Balaban J connectivity index is 1.62. The first kappa shape index (κ1) is 23.6. The lowest BCUT2D eigenvalue weighted by Gasteiger charge is -2.19. The van der Waals surface area contributed by atoms with E-state index in [0.29, 0.717) is 24.5 Å². The van der Waals surface area contributed by atoms with E-state index in [1.807, 2.05) is 6.08 Å². The molecule has 1 aliphatic rings. The highest BCUT2D eigenvalue weighted by atomic mass is 35.5. The Labute approximate surface area is 187 Å². The summed E-state index contributed by atoms with van der Waals surface area (Å²) in [6, 6.07) is 0.720. The summed E-state index contributed by atoms with van der Waals surface area (Å²) in [6.45, 7) is 3.56. The van der Waals surface area contributed by atoms with Crippen molar-refractivity contribution in [1.29, 1.82) is 0 Å². The van der Waals surface area contributed by atoms with Crippen molar-refractivity contribution in [2.75, 3.05) is 25.1 Å². The van der Waals surface area contributed by atoms with Gasteiger partial charge in [0.05, 0.1) is 18.8 Å². The van der Waals surface area contributed by atoms with E-state index >= 15 is 0 Å². The first-order valence-electron chi connectivity index (χ1n) is 9.72. The van der Waals surface area contributed by atoms with Gasteiger partial charge in [-0.2, -0.15) is 23.3 Å². The van der Waals surface area contributed by atoms with Gasteiger partial charge in [-0.05, 0) is 43.5 Å². The topological polar surface area (TPSA) is 91.2 Å². The van der Waals surface area contributed by atoms with Gasteiger partial charge in [0, 0.05) is 12.2 Å². The standard InChI is InChI=1S/C20H21ClF3N5O3/c1-3-31-17(30)11-32-15-10-26-19(21)27-18(15)25-9-13-4-6-14(7-5-13)29-12(2)8-16(28-29)20(22,23)24/h4-6,8,10,14H,3,7,9,11H2,1-2H3,(H,25,26,27). The first-order valence-corrected chi connectivity index (χ1v) is 10.1. The lowest BCUT2D eigenvalue weighted by atomic mass is 10.0. The highest BCUT2D eigenvalue weighted by Crippen LogP contribution is 2.31. The number of hydrogen-bond donors (Lipinski definition) is 1. The van der Waals surface area contributed by atoms with E-state index in [0.717, 1.165) is 11.6 Å². The third-order valence-corrected chi connectivity index (χ3v) is 4.70. The SMILES string of the molecule is CCOC(=O)COc1cnc(Cl)nc1NCC1=CCC(n2nc(C(F)(F)F)cc2C)C=C1. The van der Waals surface area contributed by atoms with Gasteiger partial charge in [-0.25, -0.2) is 9.78 Å². The van der Waals surface area contributed by atoms with Gasteiger partial charge in [0.1, 0.15) is 0 Å². The number of carbonyl (C=O) groups is 1. The number of hydrogen-bond acceptors (Lipinski definition) is 7. The zero-order valence-electron chi connectivity index (χ0n) is 17.3. The number of anilines is 1. The molecule has 0 aliphatic heterocycles. The average molecular weight is 472 g/mol. The molecular formula is C20H21ClF3N5O3. The quantitative estimate of drug-likeness (QED) is 0.457. The molecule has 0 saturated carbocycles. The zero-order valence-corrected chi connectivity index (χ0v) is 18.1. The van der Waals surface area contributed by atoms with E-state index in [-0.39, 0.29) is 30.3 Å². The molecule has 1 unspecified atom stereocenters. The largest absolute Gasteiger partial charge is 0.476 e. The Bertz CT molecular complexity index is 1040. The summed E-state index contributed by atoms with van der Waals surface area (Å²) in [4.78, 5) is 19.4. The molecule has 2 aromatic rings. The van der Waals surface area contributed by atoms with Gasteiger partial charge < -0.3 is 14.8 Å². The monoisotopic (exact) mass is 471 g/mol. The predicted octanol–water partition coefficient (Wildman–Crippen LogP) is 4.14. The van der Waals surface area contributed by atoms with Gasteiger partial charge in [0.2, 0.25) is 5.28 Å². The maximum Gasteiger partial charge on any atom is 0.435 e. The molecule has 1 N–H and O–H groups in total. The summed E-state index contributed by atoms with van der Waals surface area (Å²) in [5.41, 5.74) is 0.407. The number of aryl methyl sites for hydroxylation is 1.